The van der Waals surface area contributed by atoms with Crippen molar-refractivity contribution in [1.29, 1.82) is 0 Å². The molecular weight excluding hydrogens is 212 g/mol. The van der Waals surface area contributed by atoms with Crippen molar-refractivity contribution in [3.05, 3.63) is 35.4 Å². The van der Waals surface area contributed by atoms with E-state index in [0.717, 1.165) is 18.9 Å². The summed E-state index contributed by atoms with van der Waals surface area (Å²) < 4.78 is 30.8. The quantitative estimate of drug-likeness (QED) is 0.759. The zero-order valence-electron chi connectivity index (χ0n) is 9.38. The van der Waals surface area contributed by atoms with Crippen LogP contribution < -0.4 is 5.73 Å². The monoisotopic (exact) mass is 229 g/mol. The van der Waals surface area contributed by atoms with Gasteiger partial charge in [0.25, 0.3) is 0 Å². The molecule has 4 heteroatoms. The van der Waals surface area contributed by atoms with Crippen LogP contribution in [0.25, 0.3) is 0 Å². The van der Waals surface area contributed by atoms with Crippen molar-refractivity contribution in [3.8, 4) is 0 Å². The Kier molecular flexibility index (Phi) is 5.35. The van der Waals surface area contributed by atoms with Crippen molar-refractivity contribution in [1.82, 2.24) is 0 Å². The fraction of sp³-hybridized carbons (Fsp3) is 0.500. The molecule has 0 saturated heterocycles. The van der Waals surface area contributed by atoms with Gasteiger partial charge in [-0.15, -0.1) is 0 Å². The van der Waals surface area contributed by atoms with E-state index in [0.29, 0.717) is 18.6 Å². The number of rotatable bonds is 6. The topological polar surface area (TPSA) is 35.2 Å². The highest BCUT2D eigenvalue weighted by molar-refractivity contribution is 5.19. The first-order valence-electron chi connectivity index (χ1n) is 5.32. The Labute approximate surface area is 94.4 Å². The van der Waals surface area contributed by atoms with E-state index in [-0.39, 0.29) is 6.04 Å². The van der Waals surface area contributed by atoms with Gasteiger partial charge in [-0.25, -0.2) is 8.78 Å². The SMILES string of the molecule is COCCCC(N)Cc1ccc(F)cc1F. The molecule has 0 aromatic heterocycles. The van der Waals surface area contributed by atoms with E-state index in [1.165, 1.54) is 12.1 Å². The van der Waals surface area contributed by atoms with E-state index in [1.807, 2.05) is 0 Å². The minimum Gasteiger partial charge on any atom is -0.385 e. The van der Waals surface area contributed by atoms with E-state index in [1.54, 1.807) is 7.11 Å². The van der Waals surface area contributed by atoms with Gasteiger partial charge < -0.3 is 10.5 Å². The molecule has 90 valence electrons. The Hall–Kier alpha value is -1.00. The van der Waals surface area contributed by atoms with Gasteiger partial charge in [-0.3, -0.25) is 0 Å². The standard InChI is InChI=1S/C12H17F2NO/c1-16-6-2-3-11(15)7-9-4-5-10(13)8-12(9)14/h4-5,8,11H,2-3,6-7,15H2,1H3. The van der Waals surface area contributed by atoms with Crippen LogP contribution in [0.3, 0.4) is 0 Å². The van der Waals surface area contributed by atoms with Crippen LogP contribution >= 0.6 is 0 Å². The van der Waals surface area contributed by atoms with E-state index < -0.39 is 11.6 Å². The van der Waals surface area contributed by atoms with Gasteiger partial charge in [-0.05, 0) is 30.9 Å². The molecule has 0 aliphatic rings. The molecule has 1 rings (SSSR count). The fourth-order valence-electron chi connectivity index (χ4n) is 1.56. The fourth-order valence-corrected chi connectivity index (χ4v) is 1.56. The first kappa shape index (κ1) is 13.1. The second-order valence-corrected chi connectivity index (χ2v) is 3.83. The van der Waals surface area contributed by atoms with Crippen LogP contribution in [-0.2, 0) is 11.2 Å². The predicted octanol–water partition coefficient (Wildman–Crippen LogP) is 2.26. The van der Waals surface area contributed by atoms with Crippen LogP contribution in [0, 0.1) is 11.6 Å². The summed E-state index contributed by atoms with van der Waals surface area (Å²) in [6.07, 6.45) is 2.04. The molecule has 0 saturated carbocycles. The highest BCUT2D eigenvalue weighted by atomic mass is 19.1. The van der Waals surface area contributed by atoms with Gasteiger partial charge >= 0.3 is 0 Å². The Balaban J connectivity index is 2.46. The second-order valence-electron chi connectivity index (χ2n) is 3.83. The summed E-state index contributed by atoms with van der Waals surface area (Å²) in [5.74, 6) is -1.09. The molecule has 16 heavy (non-hydrogen) atoms. The highest BCUT2D eigenvalue weighted by Gasteiger charge is 2.08. The lowest BCUT2D eigenvalue weighted by Gasteiger charge is -2.11. The predicted molar refractivity (Wildman–Crippen MR) is 59.1 cm³/mol. The number of hydrogen-bond donors (Lipinski definition) is 1. The van der Waals surface area contributed by atoms with Gasteiger partial charge in [0.05, 0.1) is 0 Å². The third kappa shape index (κ3) is 4.24. The van der Waals surface area contributed by atoms with Gasteiger partial charge in [0.15, 0.2) is 0 Å². The van der Waals surface area contributed by atoms with Crippen molar-refractivity contribution in [2.75, 3.05) is 13.7 Å². The average Bonchev–Trinajstić information content (AvgIpc) is 2.23. The molecule has 1 aromatic rings. The van der Waals surface area contributed by atoms with E-state index >= 15 is 0 Å². The van der Waals surface area contributed by atoms with Gasteiger partial charge in [-0.2, -0.15) is 0 Å². The number of benzene rings is 1. The first-order valence-corrected chi connectivity index (χ1v) is 5.32. The van der Waals surface area contributed by atoms with E-state index in [4.69, 9.17) is 10.5 Å². The Morgan fingerprint density at radius 2 is 2.12 bits per heavy atom. The normalized spacial score (nSPS) is 12.8. The number of halogens is 2. The number of hydrogen-bond acceptors (Lipinski definition) is 2. The van der Waals surface area contributed by atoms with Crippen molar-refractivity contribution in [3.63, 3.8) is 0 Å². The Morgan fingerprint density at radius 1 is 1.38 bits per heavy atom. The van der Waals surface area contributed by atoms with Crippen molar-refractivity contribution >= 4 is 0 Å². The largest absolute Gasteiger partial charge is 0.385 e. The zero-order chi connectivity index (χ0) is 12.0. The third-order valence-corrected chi connectivity index (χ3v) is 2.42. The zero-order valence-corrected chi connectivity index (χ0v) is 9.38. The molecule has 0 aliphatic heterocycles. The molecule has 1 atom stereocenters. The Bertz CT molecular complexity index is 331. The van der Waals surface area contributed by atoms with Crippen LogP contribution in [0.4, 0.5) is 8.78 Å². The lowest BCUT2D eigenvalue weighted by atomic mass is 10.0. The summed E-state index contributed by atoms with van der Waals surface area (Å²) in [5, 5.41) is 0. The molecule has 2 N–H and O–H groups in total. The van der Waals surface area contributed by atoms with Gasteiger partial charge in [-0.1, -0.05) is 6.07 Å². The molecule has 1 aromatic carbocycles. The van der Waals surface area contributed by atoms with Crippen LogP contribution in [-0.4, -0.2) is 19.8 Å². The molecule has 0 bridgehead atoms. The summed E-state index contributed by atoms with van der Waals surface area (Å²) in [5.41, 5.74) is 6.30. The minimum atomic E-state index is -0.561. The molecule has 0 fully saturated rings. The van der Waals surface area contributed by atoms with Crippen LogP contribution in [0.5, 0.6) is 0 Å². The van der Waals surface area contributed by atoms with Crippen molar-refractivity contribution in [2.24, 2.45) is 5.73 Å². The maximum atomic E-state index is 13.3. The summed E-state index contributed by atoms with van der Waals surface area (Å²) in [4.78, 5) is 0. The summed E-state index contributed by atoms with van der Waals surface area (Å²) in [7, 11) is 1.63. The summed E-state index contributed by atoms with van der Waals surface area (Å²) >= 11 is 0. The van der Waals surface area contributed by atoms with Crippen molar-refractivity contribution < 1.29 is 13.5 Å². The summed E-state index contributed by atoms with van der Waals surface area (Å²) in [6.45, 7) is 0.652. The van der Waals surface area contributed by atoms with E-state index in [2.05, 4.69) is 0 Å². The van der Waals surface area contributed by atoms with E-state index in [9.17, 15) is 8.78 Å². The molecule has 0 spiro atoms. The maximum Gasteiger partial charge on any atom is 0.129 e. The minimum absolute atomic E-state index is 0.116. The van der Waals surface area contributed by atoms with Gasteiger partial charge in [0.1, 0.15) is 11.6 Å². The average molecular weight is 229 g/mol. The second kappa shape index (κ2) is 6.55. The molecule has 0 aliphatic carbocycles. The number of methoxy groups -OCH3 is 1. The Morgan fingerprint density at radius 3 is 2.75 bits per heavy atom. The molecule has 1 unspecified atom stereocenters. The smallest absolute Gasteiger partial charge is 0.129 e. The van der Waals surface area contributed by atoms with Crippen molar-refractivity contribution in [2.45, 2.75) is 25.3 Å². The van der Waals surface area contributed by atoms with Crippen LogP contribution in [0.15, 0.2) is 18.2 Å². The first-order chi connectivity index (χ1) is 7.63. The third-order valence-electron chi connectivity index (χ3n) is 2.42. The number of nitrogens with two attached hydrogens (primary N) is 1. The van der Waals surface area contributed by atoms with Gasteiger partial charge in [0, 0.05) is 25.8 Å². The highest BCUT2D eigenvalue weighted by Crippen LogP contribution is 2.12. The molecule has 0 amide bonds. The summed E-state index contributed by atoms with van der Waals surface area (Å²) in [6, 6.07) is 3.47. The maximum absolute atomic E-state index is 13.3. The molecule has 0 radical (unpaired) electrons. The van der Waals surface area contributed by atoms with Gasteiger partial charge in [0.2, 0.25) is 0 Å². The molecule has 0 heterocycles. The lowest BCUT2D eigenvalue weighted by Crippen LogP contribution is -2.23. The molecule has 2 nitrogen and oxygen atoms in total. The molecular formula is C12H17F2NO. The number of ether oxygens (including phenoxy) is 1. The van der Waals surface area contributed by atoms with Crippen LogP contribution in [0.1, 0.15) is 18.4 Å². The lowest BCUT2D eigenvalue weighted by molar-refractivity contribution is 0.190. The van der Waals surface area contributed by atoms with Crippen LogP contribution in [0.2, 0.25) is 0 Å².